The number of nitrogens with zero attached hydrogens (tertiary/aromatic N) is 6. The van der Waals surface area contributed by atoms with Gasteiger partial charge in [-0.15, -0.1) is 0 Å². The Bertz CT molecular complexity index is 1570. The van der Waals surface area contributed by atoms with Crippen molar-refractivity contribution in [3.8, 4) is 17.5 Å². The normalized spacial score (nSPS) is 12.0. The van der Waals surface area contributed by atoms with Crippen LogP contribution in [0.1, 0.15) is 40.3 Å². The van der Waals surface area contributed by atoms with E-state index in [1.165, 1.54) is 37.3 Å². The van der Waals surface area contributed by atoms with Crippen LogP contribution >= 0.6 is 0 Å². The number of anilines is 2. The molecule has 12 heteroatoms. The molecule has 200 valence electrons. The predicted octanol–water partition coefficient (Wildman–Crippen LogP) is 2.95. The van der Waals surface area contributed by atoms with E-state index in [-0.39, 0.29) is 17.2 Å². The number of amides is 2. The first-order valence-electron chi connectivity index (χ1n) is 12.0. The largest absolute Gasteiger partial charge is 0.387 e. The van der Waals surface area contributed by atoms with Crippen molar-refractivity contribution in [2.24, 2.45) is 0 Å². The van der Waals surface area contributed by atoms with Gasteiger partial charge in [0.2, 0.25) is 0 Å². The van der Waals surface area contributed by atoms with Crippen molar-refractivity contribution in [3.05, 3.63) is 71.8 Å². The molecule has 39 heavy (non-hydrogen) atoms. The van der Waals surface area contributed by atoms with Crippen LogP contribution in [0, 0.1) is 11.3 Å². The van der Waals surface area contributed by atoms with Crippen LogP contribution in [0.15, 0.2) is 55.0 Å². The van der Waals surface area contributed by atoms with Gasteiger partial charge in [0.1, 0.15) is 17.9 Å². The molecule has 4 aromatic heterocycles. The summed E-state index contributed by atoms with van der Waals surface area (Å²) >= 11 is 0. The summed E-state index contributed by atoms with van der Waals surface area (Å²) in [4.78, 5) is 35.3. The Hall–Kier alpha value is -4.89. The van der Waals surface area contributed by atoms with Crippen LogP contribution in [0.5, 0.6) is 0 Å². The summed E-state index contributed by atoms with van der Waals surface area (Å²) in [6.07, 6.45) is 2.57. The minimum Gasteiger partial charge on any atom is -0.387 e. The maximum atomic E-state index is 14.3. The maximum Gasteiger partial charge on any atom is 0.271 e. The molecular weight excluding hydrogens is 503 g/mol. The second-order valence-electron chi connectivity index (χ2n) is 9.61. The molecular formula is C27H27FN8O3. The fraction of sp³-hybridized carbons (Fsp3) is 0.259. The summed E-state index contributed by atoms with van der Waals surface area (Å²) in [6, 6.07) is 12.2. The number of aromatic nitrogens is 4. The van der Waals surface area contributed by atoms with E-state index in [2.05, 4.69) is 31.8 Å². The number of pyridine rings is 2. The van der Waals surface area contributed by atoms with Crippen LogP contribution < -0.4 is 10.6 Å². The highest BCUT2D eigenvalue weighted by atomic mass is 19.1. The number of nitrogens with one attached hydrogen (secondary N) is 2. The molecule has 2 amide bonds. The van der Waals surface area contributed by atoms with Crippen molar-refractivity contribution in [3.63, 3.8) is 0 Å². The Morgan fingerprint density at radius 3 is 2.56 bits per heavy atom. The zero-order valence-electron chi connectivity index (χ0n) is 21.8. The van der Waals surface area contributed by atoms with Crippen LogP contribution in [-0.2, 0) is 0 Å². The lowest BCUT2D eigenvalue weighted by Crippen LogP contribution is -2.42. The first-order valence-corrected chi connectivity index (χ1v) is 12.0. The van der Waals surface area contributed by atoms with Gasteiger partial charge in [0, 0.05) is 20.3 Å². The molecule has 0 unspecified atom stereocenters. The van der Waals surface area contributed by atoms with Crippen LogP contribution in [0.3, 0.4) is 0 Å². The third-order valence-electron chi connectivity index (χ3n) is 5.92. The minimum atomic E-state index is -1.69. The van der Waals surface area contributed by atoms with Crippen LogP contribution in [0.25, 0.3) is 16.9 Å². The highest BCUT2D eigenvalue weighted by Crippen LogP contribution is 2.28. The molecule has 0 saturated carbocycles. The average molecular weight is 531 g/mol. The van der Waals surface area contributed by atoms with E-state index in [0.29, 0.717) is 33.8 Å². The van der Waals surface area contributed by atoms with E-state index < -0.39 is 24.2 Å². The third kappa shape index (κ3) is 6.00. The quantitative estimate of drug-likeness (QED) is 0.315. The second-order valence-corrected chi connectivity index (χ2v) is 9.61. The molecule has 0 saturated heterocycles. The fourth-order valence-electron chi connectivity index (χ4n) is 3.64. The number of carbonyl (C=O) groups is 2. The van der Waals surface area contributed by atoms with E-state index in [1.807, 2.05) is 0 Å². The lowest BCUT2D eigenvalue weighted by atomic mass is 10.0. The van der Waals surface area contributed by atoms with Crippen molar-refractivity contribution in [1.29, 1.82) is 5.26 Å². The Morgan fingerprint density at radius 2 is 1.92 bits per heavy atom. The molecule has 1 atom stereocenters. The molecule has 3 N–H and O–H groups in total. The van der Waals surface area contributed by atoms with Crippen LogP contribution in [-0.4, -0.2) is 73.8 Å². The van der Waals surface area contributed by atoms with Gasteiger partial charge in [-0.2, -0.15) is 10.4 Å². The number of nitriles is 1. The standard InChI is InChI=1S/C27H27FN8O3/c1-27(2,39)24(28)15-32-25(37)19-14-31-22(23-8-6-18-9-16(11-29)12-33-36(18)23)10-21(19)34-17-5-7-20(30-13-17)26(38)35(3)4/h5-10,12-14,24,39H,15H2,1-4H3,(H,31,34)(H,32,37)/t24-/m1/s1. The van der Waals surface area contributed by atoms with Crippen molar-refractivity contribution >= 4 is 28.7 Å². The van der Waals surface area contributed by atoms with E-state index in [0.717, 1.165) is 0 Å². The van der Waals surface area contributed by atoms with Crippen molar-refractivity contribution in [1.82, 2.24) is 29.8 Å². The summed E-state index contributed by atoms with van der Waals surface area (Å²) in [5.74, 6) is -0.861. The van der Waals surface area contributed by atoms with Crippen molar-refractivity contribution in [2.45, 2.75) is 25.6 Å². The molecule has 0 spiro atoms. The first-order chi connectivity index (χ1) is 18.5. The van der Waals surface area contributed by atoms with E-state index in [1.54, 1.807) is 55.0 Å². The Morgan fingerprint density at radius 1 is 1.15 bits per heavy atom. The smallest absolute Gasteiger partial charge is 0.271 e. The number of carbonyl (C=O) groups excluding carboxylic acids is 2. The number of fused-ring (bicyclic) bond motifs is 1. The Labute approximate surface area is 223 Å². The highest BCUT2D eigenvalue weighted by molar-refractivity contribution is 6.00. The van der Waals surface area contributed by atoms with E-state index in [9.17, 15) is 19.1 Å². The molecule has 4 heterocycles. The third-order valence-corrected chi connectivity index (χ3v) is 5.92. The Kier molecular flexibility index (Phi) is 7.55. The fourth-order valence-corrected chi connectivity index (χ4v) is 3.64. The number of hydrogen-bond donors (Lipinski definition) is 3. The van der Waals surface area contributed by atoms with Crippen molar-refractivity contribution in [2.75, 3.05) is 26.0 Å². The second kappa shape index (κ2) is 10.8. The lowest BCUT2D eigenvalue weighted by molar-refractivity contribution is -0.00177. The van der Waals surface area contributed by atoms with Gasteiger partial charge in [-0.1, -0.05) is 0 Å². The SMILES string of the molecule is CN(C)C(=O)c1ccc(Nc2cc(-c3ccc4cc(C#N)cnn34)ncc2C(=O)NC[C@@H](F)C(C)(C)O)cn1. The average Bonchev–Trinajstić information content (AvgIpc) is 3.34. The molecule has 4 rings (SSSR count). The molecule has 0 radical (unpaired) electrons. The molecule has 0 aliphatic rings. The topological polar surface area (TPSA) is 149 Å². The number of aliphatic hydroxyl groups is 1. The van der Waals surface area contributed by atoms with Gasteiger partial charge in [0.05, 0.1) is 63.9 Å². The van der Waals surface area contributed by atoms with Crippen LogP contribution in [0.4, 0.5) is 15.8 Å². The minimum absolute atomic E-state index is 0.121. The summed E-state index contributed by atoms with van der Waals surface area (Å²) in [5.41, 5.74) is 1.77. The first kappa shape index (κ1) is 27.2. The molecule has 0 aliphatic heterocycles. The number of halogens is 1. The summed E-state index contributed by atoms with van der Waals surface area (Å²) in [7, 11) is 3.25. The predicted molar refractivity (Wildman–Crippen MR) is 142 cm³/mol. The highest BCUT2D eigenvalue weighted by Gasteiger charge is 2.27. The lowest BCUT2D eigenvalue weighted by Gasteiger charge is -2.22. The molecule has 0 aromatic carbocycles. The number of hydrogen-bond acceptors (Lipinski definition) is 8. The summed E-state index contributed by atoms with van der Waals surface area (Å²) in [6.45, 7) is 2.24. The van der Waals surface area contributed by atoms with Gasteiger partial charge >= 0.3 is 0 Å². The monoisotopic (exact) mass is 530 g/mol. The number of alkyl halides is 1. The van der Waals surface area contributed by atoms with E-state index >= 15 is 0 Å². The molecule has 11 nitrogen and oxygen atoms in total. The zero-order valence-corrected chi connectivity index (χ0v) is 21.8. The van der Waals surface area contributed by atoms with Crippen molar-refractivity contribution < 1.29 is 19.1 Å². The summed E-state index contributed by atoms with van der Waals surface area (Å²) < 4.78 is 15.9. The molecule has 0 bridgehead atoms. The van der Waals surface area contributed by atoms with Crippen LogP contribution in [0.2, 0.25) is 0 Å². The van der Waals surface area contributed by atoms with E-state index in [4.69, 9.17) is 5.26 Å². The Balaban J connectivity index is 1.70. The van der Waals surface area contributed by atoms with Gasteiger partial charge in [-0.25, -0.2) is 13.9 Å². The molecule has 0 fully saturated rings. The van der Waals surface area contributed by atoms with Gasteiger partial charge in [-0.05, 0) is 50.2 Å². The number of rotatable bonds is 8. The van der Waals surface area contributed by atoms with Gasteiger partial charge in [0.25, 0.3) is 11.8 Å². The zero-order chi connectivity index (χ0) is 28.3. The van der Waals surface area contributed by atoms with Gasteiger partial charge in [0.15, 0.2) is 0 Å². The molecule has 0 aliphatic carbocycles. The maximum absolute atomic E-state index is 14.3. The van der Waals surface area contributed by atoms with Gasteiger partial charge in [-0.3, -0.25) is 14.6 Å². The summed E-state index contributed by atoms with van der Waals surface area (Å²) in [5, 5.41) is 29.0. The van der Waals surface area contributed by atoms with Gasteiger partial charge < -0.3 is 20.6 Å². The molecule has 4 aromatic rings.